The fourth-order valence-corrected chi connectivity index (χ4v) is 2.60. The van der Waals surface area contributed by atoms with Crippen LogP contribution in [0.15, 0.2) is 24.4 Å². The summed E-state index contributed by atoms with van der Waals surface area (Å²) >= 11 is 6.38. The number of halogens is 1. The van der Waals surface area contributed by atoms with Gasteiger partial charge in [0.05, 0.1) is 7.11 Å². The van der Waals surface area contributed by atoms with E-state index in [1.165, 1.54) is 0 Å². The van der Waals surface area contributed by atoms with Crippen LogP contribution in [0.2, 0.25) is 5.02 Å². The smallest absolute Gasteiger partial charge is 0.141 e. The molecule has 0 aliphatic rings. The fraction of sp³-hybridized carbons (Fsp3) is 0.294. The summed E-state index contributed by atoms with van der Waals surface area (Å²) in [5, 5.41) is 9.73. The van der Waals surface area contributed by atoms with Crippen molar-refractivity contribution in [2.24, 2.45) is 0 Å². The number of aromatic nitrogens is 1. The van der Waals surface area contributed by atoms with Crippen molar-refractivity contribution in [3.05, 3.63) is 46.2 Å². The highest BCUT2D eigenvalue weighted by atomic mass is 35.5. The maximum Gasteiger partial charge on any atom is 0.141 e. The second-order valence-electron chi connectivity index (χ2n) is 5.18. The van der Waals surface area contributed by atoms with Gasteiger partial charge in [-0.05, 0) is 47.7 Å². The highest BCUT2D eigenvalue weighted by Crippen LogP contribution is 2.42. The molecule has 0 amide bonds. The number of benzene rings is 1. The molecule has 0 spiro atoms. The number of rotatable bonds is 3. The molecule has 2 rings (SSSR count). The fourth-order valence-electron chi connectivity index (χ4n) is 2.39. The Morgan fingerprint density at radius 2 is 2.05 bits per heavy atom. The zero-order chi connectivity index (χ0) is 15.6. The molecule has 0 saturated carbocycles. The summed E-state index contributed by atoms with van der Waals surface area (Å²) in [6.45, 7) is 6.15. The molecule has 1 aromatic carbocycles. The van der Waals surface area contributed by atoms with Gasteiger partial charge in [-0.1, -0.05) is 25.4 Å². The monoisotopic (exact) mass is 300 g/mol. The van der Waals surface area contributed by atoms with Crippen molar-refractivity contribution >= 4 is 11.6 Å². The van der Waals surface area contributed by atoms with E-state index in [9.17, 15) is 0 Å². The molecule has 4 heteroatoms. The van der Waals surface area contributed by atoms with Gasteiger partial charge in [0, 0.05) is 16.8 Å². The minimum atomic E-state index is 0.286. The van der Waals surface area contributed by atoms with Gasteiger partial charge >= 0.3 is 0 Å². The van der Waals surface area contributed by atoms with E-state index in [1.54, 1.807) is 19.4 Å². The standard InChI is InChI=1S/C17H17ClN2O/c1-10(2)14-8-15(18)11(3)16(17(14)21-4)12-5-6-20-13(7-12)9-19/h5-8,10H,1-4H3. The average molecular weight is 301 g/mol. The summed E-state index contributed by atoms with van der Waals surface area (Å²) in [6.07, 6.45) is 1.63. The van der Waals surface area contributed by atoms with Crippen LogP contribution in [0, 0.1) is 18.3 Å². The van der Waals surface area contributed by atoms with E-state index in [0.29, 0.717) is 10.7 Å². The van der Waals surface area contributed by atoms with Crippen LogP contribution in [0.1, 0.15) is 36.6 Å². The Kier molecular flexibility index (Phi) is 4.50. The number of hydrogen-bond acceptors (Lipinski definition) is 3. The second-order valence-corrected chi connectivity index (χ2v) is 5.58. The number of hydrogen-bond donors (Lipinski definition) is 0. The minimum Gasteiger partial charge on any atom is -0.496 e. The summed E-state index contributed by atoms with van der Waals surface area (Å²) in [5.74, 6) is 1.09. The molecule has 0 saturated heterocycles. The van der Waals surface area contributed by atoms with Crippen LogP contribution in [0.5, 0.6) is 5.75 Å². The largest absolute Gasteiger partial charge is 0.496 e. The number of ether oxygens (including phenoxy) is 1. The Morgan fingerprint density at radius 3 is 2.62 bits per heavy atom. The lowest BCUT2D eigenvalue weighted by molar-refractivity contribution is 0.409. The predicted octanol–water partition coefficient (Wildman–Crippen LogP) is 4.71. The van der Waals surface area contributed by atoms with Crippen LogP contribution in [-0.4, -0.2) is 12.1 Å². The quantitative estimate of drug-likeness (QED) is 0.824. The van der Waals surface area contributed by atoms with Gasteiger partial charge in [0.25, 0.3) is 0 Å². The van der Waals surface area contributed by atoms with Crippen molar-refractivity contribution in [2.75, 3.05) is 7.11 Å². The summed E-state index contributed by atoms with van der Waals surface area (Å²) in [6, 6.07) is 7.64. The SMILES string of the molecule is COc1c(C(C)C)cc(Cl)c(C)c1-c1ccnc(C#N)c1. The highest BCUT2D eigenvalue weighted by Gasteiger charge is 2.19. The lowest BCUT2D eigenvalue weighted by Gasteiger charge is -2.19. The van der Waals surface area contributed by atoms with E-state index >= 15 is 0 Å². The Labute approximate surface area is 130 Å². The van der Waals surface area contributed by atoms with Crippen molar-refractivity contribution in [3.8, 4) is 22.9 Å². The normalized spacial score (nSPS) is 10.5. The Hall–Kier alpha value is -2.05. The van der Waals surface area contributed by atoms with E-state index < -0.39 is 0 Å². The topological polar surface area (TPSA) is 45.9 Å². The number of nitrogens with zero attached hydrogens (tertiary/aromatic N) is 2. The molecule has 0 unspecified atom stereocenters. The lowest BCUT2D eigenvalue weighted by Crippen LogP contribution is -2.00. The van der Waals surface area contributed by atoms with Gasteiger partial charge in [-0.15, -0.1) is 0 Å². The van der Waals surface area contributed by atoms with E-state index in [1.807, 2.05) is 19.1 Å². The van der Waals surface area contributed by atoms with E-state index in [-0.39, 0.29) is 5.92 Å². The van der Waals surface area contributed by atoms with Gasteiger partial charge in [0.2, 0.25) is 0 Å². The van der Waals surface area contributed by atoms with E-state index in [0.717, 1.165) is 28.0 Å². The summed E-state index contributed by atoms with van der Waals surface area (Å²) in [5.41, 5.74) is 4.18. The van der Waals surface area contributed by atoms with Crippen LogP contribution < -0.4 is 4.74 Å². The lowest BCUT2D eigenvalue weighted by atomic mass is 9.92. The molecule has 2 aromatic rings. The van der Waals surface area contributed by atoms with Crippen LogP contribution >= 0.6 is 11.6 Å². The first-order valence-corrected chi connectivity index (χ1v) is 7.10. The van der Waals surface area contributed by atoms with Crippen LogP contribution in [0.3, 0.4) is 0 Å². The first-order valence-electron chi connectivity index (χ1n) is 6.73. The molecule has 3 nitrogen and oxygen atoms in total. The molecular weight excluding hydrogens is 284 g/mol. The molecule has 21 heavy (non-hydrogen) atoms. The number of nitriles is 1. The van der Waals surface area contributed by atoms with Crippen molar-refractivity contribution in [1.82, 2.24) is 4.98 Å². The van der Waals surface area contributed by atoms with Gasteiger partial charge in [-0.3, -0.25) is 0 Å². The van der Waals surface area contributed by atoms with Gasteiger partial charge < -0.3 is 4.74 Å². The Bertz CT molecular complexity index is 717. The average Bonchev–Trinajstić information content (AvgIpc) is 2.49. The summed E-state index contributed by atoms with van der Waals surface area (Å²) in [7, 11) is 1.66. The Balaban J connectivity index is 2.80. The van der Waals surface area contributed by atoms with Crippen molar-refractivity contribution in [3.63, 3.8) is 0 Å². The molecule has 1 heterocycles. The highest BCUT2D eigenvalue weighted by molar-refractivity contribution is 6.32. The van der Waals surface area contributed by atoms with Crippen molar-refractivity contribution < 1.29 is 4.74 Å². The van der Waals surface area contributed by atoms with Gasteiger partial charge in [0.1, 0.15) is 17.5 Å². The first kappa shape index (κ1) is 15.3. The zero-order valence-corrected chi connectivity index (χ0v) is 13.3. The molecule has 0 radical (unpaired) electrons. The molecule has 0 aliphatic heterocycles. The Morgan fingerprint density at radius 1 is 1.33 bits per heavy atom. The van der Waals surface area contributed by atoms with E-state index in [4.69, 9.17) is 21.6 Å². The van der Waals surface area contributed by atoms with Gasteiger partial charge in [-0.25, -0.2) is 4.98 Å². The van der Waals surface area contributed by atoms with Gasteiger partial charge in [0.15, 0.2) is 0 Å². The summed E-state index contributed by atoms with van der Waals surface area (Å²) in [4.78, 5) is 4.01. The van der Waals surface area contributed by atoms with Crippen molar-refractivity contribution in [2.45, 2.75) is 26.7 Å². The van der Waals surface area contributed by atoms with Crippen LogP contribution in [0.4, 0.5) is 0 Å². The predicted molar refractivity (Wildman–Crippen MR) is 84.8 cm³/mol. The van der Waals surface area contributed by atoms with Crippen molar-refractivity contribution in [1.29, 1.82) is 5.26 Å². The molecule has 1 aromatic heterocycles. The maximum absolute atomic E-state index is 9.03. The third-order valence-corrected chi connectivity index (χ3v) is 3.89. The van der Waals surface area contributed by atoms with Crippen LogP contribution in [-0.2, 0) is 0 Å². The molecule has 0 bridgehead atoms. The summed E-state index contributed by atoms with van der Waals surface area (Å²) < 4.78 is 5.64. The third kappa shape index (κ3) is 2.86. The number of methoxy groups -OCH3 is 1. The number of pyridine rings is 1. The molecule has 0 atom stereocenters. The maximum atomic E-state index is 9.03. The first-order chi connectivity index (χ1) is 9.99. The molecule has 0 aliphatic carbocycles. The zero-order valence-electron chi connectivity index (χ0n) is 12.6. The van der Waals surface area contributed by atoms with Gasteiger partial charge in [-0.2, -0.15) is 5.26 Å². The molecule has 0 N–H and O–H groups in total. The molecule has 0 fully saturated rings. The molecular formula is C17H17ClN2O. The minimum absolute atomic E-state index is 0.286. The van der Waals surface area contributed by atoms with Crippen LogP contribution in [0.25, 0.3) is 11.1 Å². The van der Waals surface area contributed by atoms with E-state index in [2.05, 4.69) is 24.9 Å². The second kappa shape index (κ2) is 6.15. The third-order valence-electron chi connectivity index (χ3n) is 3.49. The molecule has 108 valence electrons.